The topological polar surface area (TPSA) is 108 Å². The van der Waals surface area contributed by atoms with E-state index in [1.165, 1.54) is 29.4 Å². The van der Waals surface area contributed by atoms with Crippen LogP contribution in [0.3, 0.4) is 0 Å². The number of nitrogens with one attached hydrogen (secondary N) is 2. The van der Waals surface area contributed by atoms with E-state index in [4.69, 9.17) is 4.42 Å². The molecule has 196 valence electrons. The lowest BCUT2D eigenvalue weighted by atomic mass is 9.95. The molecule has 2 heterocycles. The number of aromatic nitrogens is 1. The van der Waals surface area contributed by atoms with Gasteiger partial charge in [0.15, 0.2) is 0 Å². The van der Waals surface area contributed by atoms with E-state index in [0.717, 1.165) is 19.0 Å². The van der Waals surface area contributed by atoms with E-state index in [0.29, 0.717) is 29.1 Å². The van der Waals surface area contributed by atoms with Crippen LogP contribution >= 0.6 is 0 Å². The molecule has 0 unspecified atom stereocenters. The van der Waals surface area contributed by atoms with Crippen LogP contribution in [0.15, 0.2) is 53.1 Å². The Kier molecular flexibility index (Phi) is 8.30. The maximum Gasteiger partial charge on any atom is 0.254 e. The Balaban J connectivity index is 1.50. The Morgan fingerprint density at radius 3 is 2.59 bits per heavy atom. The van der Waals surface area contributed by atoms with Gasteiger partial charge in [-0.05, 0) is 68.6 Å². The van der Waals surface area contributed by atoms with Gasteiger partial charge in [-0.3, -0.25) is 9.59 Å². The fourth-order valence-electron chi connectivity index (χ4n) is 4.54. The van der Waals surface area contributed by atoms with Gasteiger partial charge >= 0.3 is 0 Å². The summed E-state index contributed by atoms with van der Waals surface area (Å²) in [6.07, 6.45) is 2.13. The summed E-state index contributed by atoms with van der Waals surface area (Å²) in [7, 11) is 1.60. The smallest absolute Gasteiger partial charge is 0.254 e. The predicted octanol–water partition coefficient (Wildman–Crippen LogP) is 2.99. The fourth-order valence-corrected chi connectivity index (χ4v) is 4.54. The van der Waals surface area contributed by atoms with Gasteiger partial charge in [0.25, 0.3) is 11.8 Å². The highest BCUT2D eigenvalue weighted by Gasteiger charge is 2.31. The molecular weight excluding hydrogens is 482 g/mol. The van der Waals surface area contributed by atoms with Gasteiger partial charge in [0.1, 0.15) is 17.9 Å². The second kappa shape index (κ2) is 11.6. The Morgan fingerprint density at radius 2 is 1.95 bits per heavy atom. The Labute approximate surface area is 213 Å². The lowest BCUT2D eigenvalue weighted by Gasteiger charge is -2.29. The molecule has 3 aromatic rings. The van der Waals surface area contributed by atoms with Crippen molar-refractivity contribution >= 4 is 11.8 Å². The summed E-state index contributed by atoms with van der Waals surface area (Å²) in [6.45, 7) is 2.69. The highest BCUT2D eigenvalue weighted by molar-refractivity contribution is 5.99. The minimum atomic E-state index is -0.988. The first kappa shape index (κ1) is 26.4. The molecule has 2 aromatic carbocycles. The van der Waals surface area contributed by atoms with Crippen LogP contribution in [0.2, 0.25) is 0 Å². The molecule has 1 aromatic heterocycles. The van der Waals surface area contributed by atoms with Crippen LogP contribution in [0.1, 0.15) is 50.7 Å². The number of hydrogen-bond acceptors (Lipinski definition) is 6. The summed E-state index contributed by atoms with van der Waals surface area (Å²) in [5.74, 6) is -1.91. The van der Waals surface area contributed by atoms with Crippen molar-refractivity contribution in [2.45, 2.75) is 50.9 Å². The minimum Gasteiger partial charge on any atom is -0.447 e. The minimum absolute atomic E-state index is 0.0245. The van der Waals surface area contributed by atoms with Crippen molar-refractivity contribution in [2.24, 2.45) is 0 Å². The summed E-state index contributed by atoms with van der Waals surface area (Å²) in [6, 6.07) is 8.27. The summed E-state index contributed by atoms with van der Waals surface area (Å²) in [5.41, 5.74) is 1.53. The summed E-state index contributed by atoms with van der Waals surface area (Å²) in [5, 5.41) is 17.0. The Morgan fingerprint density at radius 1 is 1.22 bits per heavy atom. The van der Waals surface area contributed by atoms with E-state index in [1.54, 1.807) is 32.2 Å². The van der Waals surface area contributed by atoms with E-state index in [1.807, 2.05) is 0 Å². The molecule has 8 nitrogen and oxygen atoms in total. The van der Waals surface area contributed by atoms with Gasteiger partial charge in [0, 0.05) is 30.3 Å². The average Bonchev–Trinajstić information content (AvgIpc) is 3.54. The Bertz CT molecular complexity index is 1240. The zero-order valence-electron chi connectivity index (χ0n) is 20.7. The molecule has 3 N–H and O–H groups in total. The van der Waals surface area contributed by atoms with Gasteiger partial charge in [-0.15, -0.1) is 0 Å². The largest absolute Gasteiger partial charge is 0.447 e. The summed E-state index contributed by atoms with van der Waals surface area (Å²) in [4.78, 5) is 31.8. The van der Waals surface area contributed by atoms with Gasteiger partial charge < -0.3 is 25.1 Å². The lowest BCUT2D eigenvalue weighted by Crippen LogP contribution is -2.52. The van der Waals surface area contributed by atoms with Crippen molar-refractivity contribution in [2.75, 3.05) is 13.6 Å². The van der Waals surface area contributed by atoms with Crippen molar-refractivity contribution in [1.82, 2.24) is 20.5 Å². The number of benzene rings is 2. The van der Waals surface area contributed by atoms with Crippen molar-refractivity contribution in [3.63, 3.8) is 0 Å². The van der Waals surface area contributed by atoms with E-state index >= 15 is 0 Å². The molecule has 1 aliphatic rings. The third-order valence-electron chi connectivity index (χ3n) is 6.37. The average molecular weight is 513 g/mol. The second-order valence-electron chi connectivity index (χ2n) is 9.38. The number of aliphatic hydroxyl groups is 1. The number of amides is 2. The number of halogens is 2. The number of hydrogen-bond donors (Lipinski definition) is 3. The van der Waals surface area contributed by atoms with Crippen LogP contribution in [0, 0.1) is 18.6 Å². The molecule has 4 rings (SSSR count). The molecule has 0 bridgehead atoms. The highest BCUT2D eigenvalue weighted by atomic mass is 19.1. The van der Waals surface area contributed by atoms with Crippen molar-refractivity contribution in [1.29, 1.82) is 0 Å². The monoisotopic (exact) mass is 512 g/mol. The quantitative estimate of drug-likeness (QED) is 0.407. The zero-order valence-corrected chi connectivity index (χ0v) is 20.7. The number of aryl methyl sites for hydroxylation is 1. The third kappa shape index (κ3) is 6.78. The molecular formula is C27H30F2N4O4. The van der Waals surface area contributed by atoms with Crippen LogP contribution in [-0.4, -0.2) is 58.6 Å². The molecule has 1 saturated heterocycles. The highest BCUT2D eigenvalue weighted by Crippen LogP contribution is 2.18. The Hall–Kier alpha value is -3.63. The van der Waals surface area contributed by atoms with Crippen LogP contribution < -0.4 is 10.6 Å². The maximum atomic E-state index is 13.8. The van der Waals surface area contributed by atoms with Gasteiger partial charge in [0.2, 0.25) is 5.89 Å². The maximum absolute atomic E-state index is 13.8. The third-order valence-corrected chi connectivity index (χ3v) is 6.37. The molecule has 3 atom stereocenters. The van der Waals surface area contributed by atoms with Crippen LogP contribution in [0.25, 0.3) is 0 Å². The summed E-state index contributed by atoms with van der Waals surface area (Å²) >= 11 is 0. The normalized spacial score (nSPS) is 16.8. The number of aliphatic hydroxyl groups excluding tert-OH is 1. The predicted molar refractivity (Wildman–Crippen MR) is 132 cm³/mol. The molecule has 10 heteroatoms. The first-order valence-electron chi connectivity index (χ1n) is 12.1. The van der Waals surface area contributed by atoms with Crippen molar-refractivity contribution in [3.05, 3.63) is 88.6 Å². The fraction of sp³-hybridized carbons (Fsp3) is 0.370. The van der Waals surface area contributed by atoms with Gasteiger partial charge in [-0.25, -0.2) is 13.8 Å². The van der Waals surface area contributed by atoms with Crippen LogP contribution in [0.5, 0.6) is 0 Å². The molecule has 0 radical (unpaired) electrons. The zero-order chi connectivity index (χ0) is 26.5. The van der Waals surface area contributed by atoms with Crippen molar-refractivity contribution in [3.8, 4) is 0 Å². The number of oxazole rings is 1. The van der Waals surface area contributed by atoms with Crippen molar-refractivity contribution < 1.29 is 27.9 Å². The lowest BCUT2D eigenvalue weighted by molar-refractivity contribution is 0.0737. The summed E-state index contributed by atoms with van der Waals surface area (Å²) < 4.78 is 32.9. The number of rotatable bonds is 9. The van der Waals surface area contributed by atoms with E-state index in [-0.39, 0.29) is 30.5 Å². The number of carbonyl (C=O) groups is 2. The van der Waals surface area contributed by atoms with E-state index in [2.05, 4.69) is 15.6 Å². The van der Waals surface area contributed by atoms with E-state index < -0.39 is 29.7 Å². The number of nitrogens with zero attached hydrogens (tertiary/aromatic N) is 2. The van der Waals surface area contributed by atoms with Crippen LogP contribution in [-0.2, 0) is 13.0 Å². The van der Waals surface area contributed by atoms with Crippen LogP contribution in [0.4, 0.5) is 8.78 Å². The molecule has 1 fully saturated rings. The van der Waals surface area contributed by atoms with Gasteiger partial charge in [0.05, 0.1) is 24.4 Å². The molecule has 2 amide bonds. The molecule has 0 saturated carbocycles. The van der Waals surface area contributed by atoms with Gasteiger partial charge in [-0.1, -0.05) is 6.07 Å². The first-order valence-corrected chi connectivity index (χ1v) is 12.1. The SMILES string of the molecule is Cc1coc(CN(C)C(=O)c2cccc(C(=O)N[C@@H](Cc3cc(F)cc(F)c3)[C@H](O)[C@H]3CCCN3)c2)n1. The molecule has 37 heavy (non-hydrogen) atoms. The second-order valence-corrected chi connectivity index (χ2v) is 9.38. The van der Waals surface area contributed by atoms with E-state index in [9.17, 15) is 23.5 Å². The first-order chi connectivity index (χ1) is 17.7. The number of carbonyl (C=O) groups excluding carboxylic acids is 2. The molecule has 0 aliphatic carbocycles. The van der Waals surface area contributed by atoms with Gasteiger partial charge in [-0.2, -0.15) is 0 Å². The molecule has 1 aliphatic heterocycles. The molecule has 0 spiro atoms. The standard InChI is InChI=1S/C27H30F2N4O4/c1-16-15-37-24(31-16)14-33(2)27(36)19-6-3-5-18(12-19)26(35)32-23(25(34)22-7-4-8-30-22)11-17-9-20(28)13-21(29)10-17/h3,5-6,9-10,12-13,15,22-23,25,30,34H,4,7-8,11,14H2,1-2H3,(H,32,35)/t22-,23+,25-/m1/s1.